The monoisotopic (exact) mass is 613 g/mol. The van der Waals surface area contributed by atoms with Crippen LogP contribution in [0.4, 0.5) is 17.1 Å². The minimum absolute atomic E-state index is 0.899. The summed E-state index contributed by atoms with van der Waals surface area (Å²) in [6.07, 6.45) is 0. The molecule has 0 bridgehead atoms. The topological polar surface area (TPSA) is 16.4 Å². The third kappa shape index (κ3) is 4.92. The zero-order valence-corrected chi connectivity index (χ0v) is 26.3. The molecule has 2 nitrogen and oxygen atoms in total. The molecule has 1 aromatic heterocycles. The van der Waals surface area contributed by atoms with Gasteiger partial charge in [-0.3, -0.25) is 0 Å². The summed E-state index contributed by atoms with van der Waals surface area (Å²) in [7, 11) is 0. The van der Waals surface area contributed by atoms with Gasteiger partial charge in [0, 0.05) is 27.5 Å². The summed E-state index contributed by atoms with van der Waals surface area (Å²) in [5.41, 5.74) is 12.2. The lowest BCUT2D eigenvalue weighted by Crippen LogP contribution is -2.10. The van der Waals surface area contributed by atoms with Crippen molar-refractivity contribution in [2.24, 2.45) is 0 Å². The number of anilines is 3. The van der Waals surface area contributed by atoms with E-state index in [2.05, 4.69) is 187 Å². The van der Waals surface area contributed by atoms with Gasteiger partial charge in [0.05, 0.1) is 5.69 Å². The minimum Gasteiger partial charge on any atom is -0.455 e. The van der Waals surface area contributed by atoms with Crippen LogP contribution in [0.15, 0.2) is 192 Å². The highest BCUT2D eigenvalue weighted by Crippen LogP contribution is 2.44. The number of hydrogen-bond donors (Lipinski definition) is 0. The molecule has 9 aromatic rings. The normalized spacial score (nSPS) is 11.3. The third-order valence-electron chi connectivity index (χ3n) is 9.29. The molecule has 48 heavy (non-hydrogen) atoms. The molecule has 0 unspecified atom stereocenters. The van der Waals surface area contributed by atoms with Gasteiger partial charge in [0.1, 0.15) is 11.2 Å². The lowest BCUT2D eigenvalue weighted by Gasteiger charge is -2.27. The summed E-state index contributed by atoms with van der Waals surface area (Å²) in [4.78, 5) is 2.35. The number of rotatable bonds is 6. The van der Waals surface area contributed by atoms with Gasteiger partial charge in [-0.05, 0) is 81.2 Å². The first-order chi connectivity index (χ1) is 23.8. The number of nitrogens with zero attached hydrogens (tertiary/aromatic N) is 1. The summed E-state index contributed by atoms with van der Waals surface area (Å²) >= 11 is 0. The van der Waals surface area contributed by atoms with Crippen LogP contribution in [0, 0.1) is 0 Å². The van der Waals surface area contributed by atoms with Crippen molar-refractivity contribution in [1.82, 2.24) is 0 Å². The first-order valence-electron chi connectivity index (χ1n) is 16.3. The molecule has 0 saturated carbocycles. The third-order valence-corrected chi connectivity index (χ3v) is 9.29. The van der Waals surface area contributed by atoms with Gasteiger partial charge in [0.15, 0.2) is 0 Å². The smallest absolute Gasteiger partial charge is 0.145 e. The zero-order valence-electron chi connectivity index (χ0n) is 26.3. The van der Waals surface area contributed by atoms with Crippen molar-refractivity contribution >= 4 is 49.8 Å². The van der Waals surface area contributed by atoms with E-state index >= 15 is 0 Å². The Bertz CT molecular complexity index is 2510. The Hall–Kier alpha value is -6.38. The van der Waals surface area contributed by atoms with Gasteiger partial charge in [-0.25, -0.2) is 0 Å². The van der Waals surface area contributed by atoms with E-state index in [0.29, 0.717) is 0 Å². The Labute approximate surface area is 279 Å². The fourth-order valence-electron chi connectivity index (χ4n) is 6.87. The fourth-order valence-corrected chi connectivity index (χ4v) is 6.87. The molecule has 0 fully saturated rings. The Kier molecular flexibility index (Phi) is 6.84. The van der Waals surface area contributed by atoms with Gasteiger partial charge < -0.3 is 9.32 Å². The average Bonchev–Trinajstić information content (AvgIpc) is 3.55. The quantitative estimate of drug-likeness (QED) is 0.185. The molecular formula is C46H31NO. The van der Waals surface area contributed by atoms with Crippen molar-refractivity contribution in [2.45, 2.75) is 0 Å². The number of hydrogen-bond acceptors (Lipinski definition) is 2. The second kappa shape index (κ2) is 11.8. The maximum Gasteiger partial charge on any atom is 0.145 e. The highest BCUT2D eigenvalue weighted by molar-refractivity contribution is 6.19. The van der Waals surface area contributed by atoms with E-state index in [9.17, 15) is 0 Å². The number of benzene rings is 8. The molecular weight excluding hydrogens is 583 g/mol. The van der Waals surface area contributed by atoms with Crippen LogP contribution in [-0.2, 0) is 0 Å². The number of fused-ring (bicyclic) bond motifs is 5. The summed E-state index contributed by atoms with van der Waals surface area (Å²) in [5, 5.41) is 4.49. The van der Waals surface area contributed by atoms with Crippen LogP contribution in [0.2, 0.25) is 0 Å². The molecule has 0 aliphatic heterocycles. The molecule has 8 aromatic carbocycles. The summed E-state index contributed by atoms with van der Waals surface area (Å²) < 4.78 is 6.60. The molecule has 226 valence electrons. The van der Waals surface area contributed by atoms with Gasteiger partial charge in [0.2, 0.25) is 0 Å². The van der Waals surface area contributed by atoms with Gasteiger partial charge in [-0.1, -0.05) is 146 Å². The predicted molar refractivity (Wildman–Crippen MR) is 202 cm³/mol. The molecule has 2 heteroatoms. The summed E-state index contributed by atoms with van der Waals surface area (Å²) in [5.74, 6) is 0. The van der Waals surface area contributed by atoms with Gasteiger partial charge in [-0.2, -0.15) is 0 Å². The van der Waals surface area contributed by atoms with Crippen molar-refractivity contribution in [3.05, 3.63) is 188 Å². The van der Waals surface area contributed by atoms with E-state index in [4.69, 9.17) is 4.42 Å². The van der Waals surface area contributed by atoms with Crippen LogP contribution in [0.3, 0.4) is 0 Å². The van der Waals surface area contributed by atoms with Gasteiger partial charge in [-0.15, -0.1) is 0 Å². The maximum atomic E-state index is 6.60. The second-order valence-electron chi connectivity index (χ2n) is 12.2. The highest BCUT2D eigenvalue weighted by Gasteiger charge is 2.20. The zero-order chi connectivity index (χ0) is 31.9. The van der Waals surface area contributed by atoms with Crippen molar-refractivity contribution in [3.8, 4) is 33.4 Å². The lowest BCUT2D eigenvalue weighted by atomic mass is 9.99. The predicted octanol–water partition coefficient (Wildman–Crippen LogP) is 13.2. The molecule has 0 N–H and O–H groups in total. The molecule has 0 saturated heterocycles. The number of para-hydroxylation sites is 1. The van der Waals surface area contributed by atoms with Crippen LogP contribution < -0.4 is 4.90 Å². The Morgan fingerprint density at radius 1 is 0.333 bits per heavy atom. The first kappa shape index (κ1) is 27.9. The van der Waals surface area contributed by atoms with Crippen LogP contribution in [0.1, 0.15) is 0 Å². The lowest BCUT2D eigenvalue weighted by molar-refractivity contribution is 0.672. The molecule has 0 aliphatic rings. The van der Waals surface area contributed by atoms with Gasteiger partial charge in [0.25, 0.3) is 0 Å². The van der Waals surface area contributed by atoms with Crippen LogP contribution in [-0.4, -0.2) is 0 Å². The molecule has 0 aliphatic carbocycles. The summed E-state index contributed by atoms with van der Waals surface area (Å²) in [6.45, 7) is 0. The van der Waals surface area contributed by atoms with Crippen LogP contribution in [0.25, 0.3) is 66.1 Å². The van der Waals surface area contributed by atoms with E-state index in [1.54, 1.807) is 0 Å². The van der Waals surface area contributed by atoms with E-state index in [1.807, 2.05) is 6.07 Å². The SMILES string of the molecule is c1ccc(-c2ccc(-c3ccc(N(c4ccc(-c5ccccc5)cc4)c4cccc5ccc6c7ccccc7oc6c45)cc3)cc2)cc1. The largest absolute Gasteiger partial charge is 0.455 e. The van der Waals surface area contributed by atoms with E-state index in [1.165, 1.54) is 33.4 Å². The number of furan rings is 1. The minimum atomic E-state index is 0.899. The molecule has 0 amide bonds. The van der Waals surface area contributed by atoms with Crippen LogP contribution in [0.5, 0.6) is 0 Å². The van der Waals surface area contributed by atoms with E-state index in [0.717, 1.165) is 49.8 Å². The molecule has 0 spiro atoms. The molecule has 1 heterocycles. The highest BCUT2D eigenvalue weighted by atomic mass is 16.3. The standard InChI is InChI=1S/C46H31NO/c1-3-10-32(11-4-1)34-18-20-35(21-19-34)37-24-29-40(30-25-37)47(39-27-22-36(23-28-39)33-12-5-2-6-13-33)43-16-9-14-38-26-31-42-41-15-7-8-17-44(41)48-46(42)45(38)43/h1-31H. The van der Waals surface area contributed by atoms with Gasteiger partial charge >= 0.3 is 0 Å². The van der Waals surface area contributed by atoms with Crippen molar-refractivity contribution in [2.75, 3.05) is 4.90 Å². The first-order valence-corrected chi connectivity index (χ1v) is 16.3. The summed E-state index contributed by atoms with van der Waals surface area (Å²) in [6, 6.07) is 66.8. The fraction of sp³-hybridized carbons (Fsp3) is 0. The molecule has 9 rings (SSSR count). The molecule has 0 atom stereocenters. The van der Waals surface area contributed by atoms with Crippen molar-refractivity contribution < 1.29 is 4.42 Å². The Balaban J connectivity index is 1.18. The van der Waals surface area contributed by atoms with Crippen molar-refractivity contribution in [1.29, 1.82) is 0 Å². The second-order valence-corrected chi connectivity index (χ2v) is 12.2. The van der Waals surface area contributed by atoms with E-state index < -0.39 is 0 Å². The van der Waals surface area contributed by atoms with Crippen molar-refractivity contribution in [3.63, 3.8) is 0 Å². The van der Waals surface area contributed by atoms with E-state index in [-0.39, 0.29) is 0 Å². The van der Waals surface area contributed by atoms with Crippen LogP contribution >= 0.6 is 0 Å². The Morgan fingerprint density at radius 2 is 0.812 bits per heavy atom. The molecule has 0 radical (unpaired) electrons. The Morgan fingerprint density at radius 3 is 1.38 bits per heavy atom. The maximum absolute atomic E-state index is 6.60. The average molecular weight is 614 g/mol.